The first-order valence-electron chi connectivity index (χ1n) is 9.70. The number of fused-ring (bicyclic) bond motifs is 5. The highest BCUT2D eigenvalue weighted by molar-refractivity contribution is 5.79. The van der Waals surface area contributed by atoms with Crippen LogP contribution in [-0.4, -0.2) is 19.5 Å². The highest BCUT2D eigenvalue weighted by Crippen LogP contribution is 2.67. The Morgan fingerprint density at radius 1 is 1.13 bits per heavy atom. The number of carbonyl (C=O) groups excluding carboxylic acids is 1. The van der Waals surface area contributed by atoms with Gasteiger partial charge in [-0.2, -0.15) is 0 Å². The van der Waals surface area contributed by atoms with Crippen LogP contribution in [0.25, 0.3) is 0 Å². The van der Waals surface area contributed by atoms with E-state index in [1.807, 2.05) is 7.11 Å². The Bertz CT molecular complexity index is 524. The van der Waals surface area contributed by atoms with E-state index in [0.717, 1.165) is 43.6 Å². The Kier molecular flexibility index (Phi) is 3.75. The minimum absolute atomic E-state index is 0.289. The number of ketones is 1. The van der Waals surface area contributed by atoms with Gasteiger partial charge in [0.15, 0.2) is 0 Å². The Balaban J connectivity index is 1.68. The molecule has 6 atom stereocenters. The van der Waals surface area contributed by atoms with Crippen molar-refractivity contribution in [2.45, 2.75) is 64.7 Å². The fourth-order valence-corrected chi connectivity index (χ4v) is 7.30. The number of carbonyl (C=O) groups is 1. The van der Waals surface area contributed by atoms with Crippen LogP contribution in [0.1, 0.15) is 64.7 Å². The lowest BCUT2D eigenvalue weighted by Gasteiger charge is -2.60. The maximum Gasteiger partial charge on any atom is 0.133 e. The molecule has 4 saturated carbocycles. The molecule has 0 saturated heterocycles. The van der Waals surface area contributed by atoms with Crippen LogP contribution >= 0.6 is 0 Å². The fourth-order valence-electron chi connectivity index (χ4n) is 7.30. The van der Waals surface area contributed by atoms with Crippen LogP contribution in [0, 0.1) is 34.5 Å². The van der Waals surface area contributed by atoms with E-state index in [-0.39, 0.29) is 5.41 Å². The van der Waals surface area contributed by atoms with Gasteiger partial charge < -0.3 is 4.74 Å². The molecule has 0 aromatic rings. The van der Waals surface area contributed by atoms with Gasteiger partial charge in [-0.1, -0.05) is 19.1 Å². The third-order valence-electron chi connectivity index (χ3n) is 8.55. The zero-order valence-electron chi connectivity index (χ0n) is 14.9. The summed E-state index contributed by atoms with van der Waals surface area (Å²) in [5, 5.41) is 0. The zero-order valence-corrected chi connectivity index (χ0v) is 14.9. The number of methoxy groups -OCH3 is 1. The Hall–Kier alpha value is -0.630. The largest absolute Gasteiger partial charge is 0.384 e. The van der Waals surface area contributed by atoms with Crippen LogP contribution < -0.4 is 0 Å². The van der Waals surface area contributed by atoms with E-state index in [4.69, 9.17) is 4.74 Å². The molecule has 0 amide bonds. The Labute approximate surface area is 141 Å². The summed E-state index contributed by atoms with van der Waals surface area (Å²) in [7, 11) is 1.86. The number of hydrogen-bond acceptors (Lipinski definition) is 2. The molecule has 2 nitrogen and oxygen atoms in total. The minimum atomic E-state index is 0.289. The van der Waals surface area contributed by atoms with Crippen molar-refractivity contribution < 1.29 is 9.53 Å². The smallest absolute Gasteiger partial charge is 0.133 e. The molecule has 0 heterocycles. The molecule has 0 aliphatic heterocycles. The third-order valence-corrected chi connectivity index (χ3v) is 8.55. The summed E-state index contributed by atoms with van der Waals surface area (Å²) >= 11 is 0. The van der Waals surface area contributed by atoms with Gasteiger partial charge in [-0.15, -0.1) is 0 Å². The lowest BCUT2D eigenvalue weighted by Crippen LogP contribution is -2.56. The van der Waals surface area contributed by atoms with Crippen LogP contribution in [-0.2, 0) is 9.53 Å². The standard InChI is InChI=1S/C21H32O2/c1-14-4-7-18-17-6-5-15-12-16(22)8-11-21(15,13-23-3)19(17)9-10-20(14,18)2/h15,17-19H,1,4-13H2,2-3H3/t15-,17+,18+,19+,20-,21-/m1/s1. The molecule has 0 unspecified atom stereocenters. The zero-order chi connectivity index (χ0) is 16.2. The number of hydrogen-bond donors (Lipinski definition) is 0. The Morgan fingerprint density at radius 2 is 1.96 bits per heavy atom. The van der Waals surface area contributed by atoms with Crippen LogP contribution in [0.4, 0.5) is 0 Å². The highest BCUT2D eigenvalue weighted by atomic mass is 16.5. The number of Topliss-reactive ketones (excluding diaryl/α,β-unsaturated/α-hetero) is 1. The maximum atomic E-state index is 12.0. The monoisotopic (exact) mass is 316 g/mol. The SMILES string of the molecule is C=C1CC[C@H]2[C@@H]3CC[C@@H]4CC(=O)CC[C@]4(COC)[C@H]3CC[C@]12C. The second-order valence-electron chi connectivity index (χ2n) is 9.16. The predicted octanol–water partition coefficient (Wildman–Crippen LogP) is 4.78. The first kappa shape index (κ1) is 15.9. The molecular formula is C21H32O2. The van der Waals surface area contributed by atoms with E-state index in [0.29, 0.717) is 17.1 Å². The van der Waals surface area contributed by atoms with E-state index in [1.54, 1.807) is 0 Å². The summed E-state index contributed by atoms with van der Waals surface area (Å²) in [5.74, 6) is 3.53. The number of ether oxygens (including phenoxy) is 1. The topological polar surface area (TPSA) is 26.3 Å². The van der Waals surface area contributed by atoms with Crippen molar-refractivity contribution >= 4 is 5.78 Å². The second kappa shape index (κ2) is 5.44. The van der Waals surface area contributed by atoms with Crippen molar-refractivity contribution in [3.8, 4) is 0 Å². The minimum Gasteiger partial charge on any atom is -0.384 e. The van der Waals surface area contributed by atoms with E-state index in [2.05, 4.69) is 13.5 Å². The van der Waals surface area contributed by atoms with Crippen molar-refractivity contribution in [3.05, 3.63) is 12.2 Å². The van der Waals surface area contributed by atoms with E-state index >= 15 is 0 Å². The number of allylic oxidation sites excluding steroid dienone is 1. The van der Waals surface area contributed by atoms with Gasteiger partial charge in [-0.25, -0.2) is 0 Å². The van der Waals surface area contributed by atoms with Crippen LogP contribution in [0.2, 0.25) is 0 Å². The van der Waals surface area contributed by atoms with E-state index in [9.17, 15) is 4.79 Å². The van der Waals surface area contributed by atoms with Crippen molar-refractivity contribution in [1.82, 2.24) is 0 Å². The second-order valence-corrected chi connectivity index (χ2v) is 9.16. The highest BCUT2D eigenvalue weighted by Gasteiger charge is 2.60. The molecule has 4 aliphatic rings. The molecule has 4 fully saturated rings. The maximum absolute atomic E-state index is 12.0. The summed E-state index contributed by atoms with van der Waals surface area (Å²) in [6.07, 6.45) is 10.5. The van der Waals surface area contributed by atoms with Gasteiger partial charge in [-0.3, -0.25) is 4.79 Å². The fraction of sp³-hybridized carbons (Fsp3) is 0.857. The molecule has 2 heteroatoms. The summed E-state index contributed by atoms with van der Waals surface area (Å²) in [4.78, 5) is 12.0. The first-order chi connectivity index (χ1) is 11.0. The van der Waals surface area contributed by atoms with Gasteiger partial charge in [0, 0.05) is 25.4 Å². The summed E-state index contributed by atoms with van der Waals surface area (Å²) < 4.78 is 5.75. The lowest BCUT2D eigenvalue weighted by atomic mass is 9.44. The van der Waals surface area contributed by atoms with E-state index in [1.165, 1.54) is 44.1 Å². The van der Waals surface area contributed by atoms with Gasteiger partial charge in [0.05, 0.1) is 6.61 Å². The molecule has 0 N–H and O–H groups in total. The predicted molar refractivity (Wildman–Crippen MR) is 92.1 cm³/mol. The van der Waals surface area contributed by atoms with Crippen LogP contribution in [0.15, 0.2) is 12.2 Å². The first-order valence-corrected chi connectivity index (χ1v) is 9.70. The van der Waals surface area contributed by atoms with Crippen molar-refractivity contribution in [2.75, 3.05) is 13.7 Å². The summed E-state index contributed by atoms with van der Waals surface area (Å²) in [6, 6.07) is 0. The molecular weight excluding hydrogens is 284 g/mol. The summed E-state index contributed by atoms with van der Waals surface area (Å²) in [5.41, 5.74) is 2.20. The van der Waals surface area contributed by atoms with Crippen molar-refractivity contribution in [2.24, 2.45) is 34.5 Å². The average Bonchev–Trinajstić information content (AvgIpc) is 2.84. The molecule has 0 bridgehead atoms. The van der Waals surface area contributed by atoms with Gasteiger partial charge in [-0.05, 0) is 74.0 Å². The number of rotatable bonds is 2. The van der Waals surface area contributed by atoms with Crippen LogP contribution in [0.5, 0.6) is 0 Å². The third kappa shape index (κ3) is 2.13. The lowest BCUT2D eigenvalue weighted by molar-refractivity contribution is -0.151. The molecule has 128 valence electrons. The van der Waals surface area contributed by atoms with Gasteiger partial charge in [0.25, 0.3) is 0 Å². The quantitative estimate of drug-likeness (QED) is 0.685. The van der Waals surface area contributed by atoms with E-state index < -0.39 is 0 Å². The average molecular weight is 316 g/mol. The summed E-state index contributed by atoms with van der Waals surface area (Å²) in [6.45, 7) is 7.78. The van der Waals surface area contributed by atoms with Gasteiger partial charge >= 0.3 is 0 Å². The molecule has 4 aliphatic carbocycles. The molecule has 0 aromatic heterocycles. The van der Waals surface area contributed by atoms with Crippen LogP contribution in [0.3, 0.4) is 0 Å². The molecule has 23 heavy (non-hydrogen) atoms. The van der Waals surface area contributed by atoms with Crippen molar-refractivity contribution in [3.63, 3.8) is 0 Å². The molecule has 4 rings (SSSR count). The molecule has 0 radical (unpaired) electrons. The van der Waals surface area contributed by atoms with Crippen molar-refractivity contribution in [1.29, 1.82) is 0 Å². The molecule has 0 spiro atoms. The van der Waals surface area contributed by atoms with Gasteiger partial charge in [0.2, 0.25) is 0 Å². The molecule has 0 aromatic carbocycles. The normalized spacial score (nSPS) is 49.5. The van der Waals surface area contributed by atoms with Gasteiger partial charge in [0.1, 0.15) is 5.78 Å². The Morgan fingerprint density at radius 3 is 2.74 bits per heavy atom.